The topological polar surface area (TPSA) is 62.6 Å². The number of aromatic nitrogens is 2. The lowest BCUT2D eigenvalue weighted by Crippen LogP contribution is -2.14. The molecule has 1 atom stereocenters. The zero-order chi connectivity index (χ0) is 21.8. The van der Waals surface area contributed by atoms with Gasteiger partial charge in [0.2, 0.25) is 0 Å². The Hall–Kier alpha value is -1.99. The number of carbonyl (C=O) groups excluding carboxylic acids is 1. The van der Waals surface area contributed by atoms with Crippen molar-refractivity contribution in [1.82, 2.24) is 9.78 Å². The quantitative estimate of drug-likeness (QED) is 0.293. The Morgan fingerprint density at radius 3 is 2.73 bits per heavy atom. The SMILES string of the molecule is CCCCC(CC)COC(=O)CCSc1cc(OC)cc(-c2cnn(COC)c2)c1. The molecule has 0 fully saturated rings. The standard InChI is InChI=1S/C23H34N2O4S/c1-5-7-8-18(6-2)16-29-23(26)9-10-30-22-12-19(11-21(13-22)28-4)20-14-24-25(15-20)17-27-3/h11-15,18H,5-10,16-17H2,1-4H3. The summed E-state index contributed by atoms with van der Waals surface area (Å²) in [7, 11) is 3.29. The van der Waals surface area contributed by atoms with Gasteiger partial charge in [0.25, 0.3) is 0 Å². The van der Waals surface area contributed by atoms with E-state index < -0.39 is 0 Å². The summed E-state index contributed by atoms with van der Waals surface area (Å²) in [5.41, 5.74) is 2.01. The first kappa shape index (κ1) is 24.3. The molecule has 1 heterocycles. The maximum absolute atomic E-state index is 12.1. The van der Waals surface area contributed by atoms with Crippen molar-refractivity contribution in [2.45, 2.75) is 57.6 Å². The number of nitrogens with zero attached hydrogens (tertiary/aromatic N) is 2. The summed E-state index contributed by atoms with van der Waals surface area (Å²) in [5, 5.41) is 4.30. The van der Waals surface area contributed by atoms with E-state index >= 15 is 0 Å². The second kappa shape index (κ2) is 13.3. The molecule has 0 aliphatic rings. The molecule has 0 N–H and O–H groups in total. The minimum absolute atomic E-state index is 0.124. The summed E-state index contributed by atoms with van der Waals surface area (Å²) < 4.78 is 17.8. The highest BCUT2D eigenvalue weighted by Crippen LogP contribution is 2.31. The van der Waals surface area contributed by atoms with Crippen molar-refractivity contribution in [3.63, 3.8) is 0 Å². The van der Waals surface area contributed by atoms with Gasteiger partial charge in [-0.2, -0.15) is 5.10 Å². The van der Waals surface area contributed by atoms with E-state index in [0.29, 0.717) is 31.4 Å². The highest BCUT2D eigenvalue weighted by atomic mass is 32.2. The molecule has 0 saturated heterocycles. The number of hydrogen-bond donors (Lipinski definition) is 0. The Morgan fingerprint density at radius 1 is 1.20 bits per heavy atom. The van der Waals surface area contributed by atoms with E-state index in [1.807, 2.05) is 24.5 Å². The van der Waals surface area contributed by atoms with Gasteiger partial charge in [0.15, 0.2) is 0 Å². The number of thioether (sulfide) groups is 1. The molecule has 0 bridgehead atoms. The minimum atomic E-state index is -0.124. The van der Waals surface area contributed by atoms with E-state index in [4.69, 9.17) is 14.2 Å². The lowest BCUT2D eigenvalue weighted by atomic mass is 10.0. The van der Waals surface area contributed by atoms with Gasteiger partial charge in [-0.3, -0.25) is 4.79 Å². The largest absolute Gasteiger partial charge is 0.497 e. The van der Waals surface area contributed by atoms with Gasteiger partial charge in [0.05, 0.1) is 26.3 Å². The molecule has 0 radical (unpaired) electrons. The van der Waals surface area contributed by atoms with E-state index in [0.717, 1.165) is 34.6 Å². The van der Waals surface area contributed by atoms with Gasteiger partial charge in [0.1, 0.15) is 12.5 Å². The summed E-state index contributed by atoms with van der Waals surface area (Å²) in [6, 6.07) is 6.05. The summed E-state index contributed by atoms with van der Waals surface area (Å²) in [6.07, 6.45) is 8.69. The lowest BCUT2D eigenvalue weighted by Gasteiger charge is -2.14. The van der Waals surface area contributed by atoms with Gasteiger partial charge in [-0.05, 0) is 36.1 Å². The molecular weight excluding hydrogens is 400 g/mol. The van der Waals surface area contributed by atoms with Crippen LogP contribution in [0.3, 0.4) is 0 Å². The van der Waals surface area contributed by atoms with Crippen LogP contribution in [0, 0.1) is 5.92 Å². The second-order valence-corrected chi connectivity index (χ2v) is 8.45. The van der Waals surface area contributed by atoms with Crippen LogP contribution in [0.25, 0.3) is 11.1 Å². The molecule has 0 saturated carbocycles. The fraction of sp³-hybridized carbons (Fsp3) is 0.565. The molecule has 30 heavy (non-hydrogen) atoms. The Kier molecular flexibility index (Phi) is 10.8. The number of unbranched alkanes of at least 4 members (excludes halogenated alkanes) is 1. The third-order valence-corrected chi connectivity index (χ3v) is 5.92. The van der Waals surface area contributed by atoms with Crippen molar-refractivity contribution >= 4 is 17.7 Å². The maximum atomic E-state index is 12.1. The fourth-order valence-electron chi connectivity index (χ4n) is 3.09. The van der Waals surface area contributed by atoms with E-state index in [2.05, 4.69) is 25.0 Å². The summed E-state index contributed by atoms with van der Waals surface area (Å²) in [4.78, 5) is 13.2. The van der Waals surface area contributed by atoms with Gasteiger partial charge in [-0.1, -0.05) is 33.1 Å². The maximum Gasteiger partial charge on any atom is 0.306 e. The first-order chi connectivity index (χ1) is 14.6. The van der Waals surface area contributed by atoms with Crippen LogP contribution in [-0.2, 0) is 21.0 Å². The molecule has 0 amide bonds. The van der Waals surface area contributed by atoms with Crippen molar-refractivity contribution in [2.24, 2.45) is 5.92 Å². The predicted octanol–water partition coefficient (Wildman–Crippen LogP) is 5.40. The molecule has 2 aromatic rings. The molecule has 166 valence electrons. The Balaban J connectivity index is 1.89. The second-order valence-electron chi connectivity index (χ2n) is 7.28. The van der Waals surface area contributed by atoms with Crippen LogP contribution in [-0.4, -0.2) is 42.3 Å². The highest BCUT2D eigenvalue weighted by molar-refractivity contribution is 7.99. The van der Waals surface area contributed by atoms with Gasteiger partial charge < -0.3 is 14.2 Å². The van der Waals surface area contributed by atoms with E-state index in [-0.39, 0.29) is 5.97 Å². The zero-order valence-electron chi connectivity index (χ0n) is 18.6. The van der Waals surface area contributed by atoms with Crippen molar-refractivity contribution in [3.05, 3.63) is 30.6 Å². The number of ether oxygens (including phenoxy) is 3. The van der Waals surface area contributed by atoms with Gasteiger partial charge in [-0.15, -0.1) is 11.8 Å². The number of carbonyl (C=O) groups is 1. The average Bonchev–Trinajstić information content (AvgIpc) is 3.22. The Morgan fingerprint density at radius 2 is 2.03 bits per heavy atom. The van der Waals surface area contributed by atoms with Crippen molar-refractivity contribution in [1.29, 1.82) is 0 Å². The van der Waals surface area contributed by atoms with Gasteiger partial charge >= 0.3 is 5.97 Å². The third kappa shape index (κ3) is 8.03. The number of hydrogen-bond acceptors (Lipinski definition) is 6. The first-order valence-electron chi connectivity index (χ1n) is 10.6. The van der Waals surface area contributed by atoms with Crippen LogP contribution in [0.2, 0.25) is 0 Å². The summed E-state index contributed by atoms with van der Waals surface area (Å²) in [5.74, 6) is 1.79. The van der Waals surface area contributed by atoms with Crippen molar-refractivity contribution < 1.29 is 19.0 Å². The van der Waals surface area contributed by atoms with Crippen LogP contribution in [0.15, 0.2) is 35.5 Å². The van der Waals surface area contributed by atoms with Crippen LogP contribution in [0.4, 0.5) is 0 Å². The third-order valence-electron chi connectivity index (χ3n) is 4.94. The molecule has 0 aliphatic heterocycles. The van der Waals surface area contributed by atoms with Crippen molar-refractivity contribution in [2.75, 3.05) is 26.6 Å². The first-order valence-corrected chi connectivity index (χ1v) is 11.6. The van der Waals surface area contributed by atoms with Gasteiger partial charge in [0, 0.05) is 29.5 Å². The fourth-order valence-corrected chi connectivity index (χ4v) is 4.00. The Bertz CT molecular complexity index is 778. The highest BCUT2D eigenvalue weighted by Gasteiger charge is 2.11. The molecule has 6 nitrogen and oxygen atoms in total. The smallest absolute Gasteiger partial charge is 0.306 e. The van der Waals surface area contributed by atoms with Crippen LogP contribution < -0.4 is 4.74 Å². The molecule has 2 rings (SSSR count). The lowest BCUT2D eigenvalue weighted by molar-refractivity contribution is -0.144. The zero-order valence-corrected chi connectivity index (χ0v) is 19.4. The van der Waals surface area contributed by atoms with E-state index in [1.165, 1.54) is 12.8 Å². The van der Waals surface area contributed by atoms with E-state index in [1.54, 1.807) is 30.7 Å². The predicted molar refractivity (Wildman–Crippen MR) is 121 cm³/mol. The average molecular weight is 435 g/mol. The summed E-state index contributed by atoms with van der Waals surface area (Å²) in [6.45, 7) is 5.29. The molecule has 1 aromatic heterocycles. The van der Waals surface area contributed by atoms with Gasteiger partial charge in [-0.25, -0.2) is 4.68 Å². The molecule has 0 aliphatic carbocycles. The monoisotopic (exact) mass is 434 g/mol. The van der Waals surface area contributed by atoms with Crippen LogP contribution >= 0.6 is 11.8 Å². The summed E-state index contributed by atoms with van der Waals surface area (Å²) >= 11 is 1.63. The number of benzene rings is 1. The molecule has 0 spiro atoms. The number of methoxy groups -OCH3 is 2. The minimum Gasteiger partial charge on any atom is -0.497 e. The van der Waals surface area contributed by atoms with Crippen LogP contribution in [0.5, 0.6) is 5.75 Å². The number of rotatable bonds is 14. The Labute approximate surface area is 184 Å². The number of esters is 1. The van der Waals surface area contributed by atoms with E-state index in [9.17, 15) is 4.79 Å². The van der Waals surface area contributed by atoms with Crippen LogP contribution in [0.1, 0.15) is 46.0 Å². The molecular formula is C23H34N2O4S. The molecule has 7 heteroatoms. The molecule has 1 aromatic carbocycles. The normalized spacial score (nSPS) is 12.0. The van der Waals surface area contributed by atoms with Crippen molar-refractivity contribution in [3.8, 4) is 16.9 Å². The molecule has 1 unspecified atom stereocenters.